The molecular weight excluding hydrogens is 711 g/mol. The molecule has 5 heterocycles. The van der Waals surface area contributed by atoms with Crippen LogP contribution in [0.3, 0.4) is 0 Å². The zero-order valence-corrected chi connectivity index (χ0v) is 32.7. The number of phenols is 1. The maximum atomic E-state index is 13.5. The van der Waals surface area contributed by atoms with Gasteiger partial charge in [-0.1, -0.05) is 19.1 Å². The molecule has 7 rings (SSSR count). The molecule has 0 aliphatic carbocycles. The molecule has 0 aromatic heterocycles. The maximum Gasteiger partial charge on any atom is 0.262 e. The van der Waals surface area contributed by atoms with E-state index in [0.717, 1.165) is 94.6 Å². The fraction of sp³-hybridized carbons (Fsp3) is 0.524. The van der Waals surface area contributed by atoms with Crippen LogP contribution in [0, 0.1) is 11.3 Å². The van der Waals surface area contributed by atoms with Gasteiger partial charge in [-0.05, 0) is 92.9 Å². The Morgan fingerprint density at radius 1 is 1.02 bits per heavy atom. The second-order valence-corrected chi connectivity index (χ2v) is 16.5. The number of fused-ring (bicyclic) bond motifs is 2. The summed E-state index contributed by atoms with van der Waals surface area (Å²) in [4.78, 5) is 61.3. The first-order valence-electron chi connectivity index (χ1n) is 20.1. The van der Waals surface area contributed by atoms with Crippen molar-refractivity contribution in [3.63, 3.8) is 0 Å². The number of nitrogens with one attached hydrogen (secondary N) is 2. The average Bonchev–Trinajstić information content (AvgIpc) is 3.44. The van der Waals surface area contributed by atoms with Crippen molar-refractivity contribution in [1.29, 1.82) is 0 Å². The standard InChI is InChI=1S/C42H57N9O5/c1-42(13-17-49(18-14-42)29-9-10-31-33(22-29)41(56)51(40(31)55)35(7-5-21-52)39(54)45-2)27-47-15-11-28(12-16-47)25-48-19-20-50-30(26-48)24-46-38(44)36(50)23-34(43)32-6-3-4-8-37(32)53/h3-4,6,8-10,21-23,28,30,35,46,53H,5,7,11-20,24-27,43-44H2,1-2H3,(H,45,54)/b34-23-. The Morgan fingerprint density at radius 3 is 2.46 bits per heavy atom. The average molecular weight is 768 g/mol. The lowest BCUT2D eigenvalue weighted by Crippen LogP contribution is -2.60. The van der Waals surface area contributed by atoms with Crippen LogP contribution < -0.4 is 27.0 Å². The summed E-state index contributed by atoms with van der Waals surface area (Å²) in [5.41, 5.74) is 16.5. The Morgan fingerprint density at radius 2 is 1.75 bits per heavy atom. The number of likely N-dealkylation sites (tertiary alicyclic amines) is 1. The van der Waals surface area contributed by atoms with Crippen LogP contribution in [0.15, 0.2) is 60.1 Å². The first-order valence-corrected chi connectivity index (χ1v) is 20.1. The van der Waals surface area contributed by atoms with Gasteiger partial charge in [-0.15, -0.1) is 0 Å². The number of benzene rings is 2. The van der Waals surface area contributed by atoms with E-state index in [2.05, 4.69) is 37.2 Å². The third kappa shape index (κ3) is 8.08. The highest BCUT2D eigenvalue weighted by molar-refractivity contribution is 6.23. The van der Waals surface area contributed by atoms with E-state index in [-0.39, 0.29) is 24.0 Å². The molecule has 0 bridgehead atoms. The van der Waals surface area contributed by atoms with E-state index in [1.807, 2.05) is 24.3 Å². The van der Waals surface area contributed by atoms with Gasteiger partial charge in [0.05, 0.1) is 22.9 Å². The number of anilines is 1. The van der Waals surface area contributed by atoms with E-state index in [0.29, 0.717) is 46.5 Å². The van der Waals surface area contributed by atoms with Crippen molar-refractivity contribution in [2.45, 2.75) is 57.5 Å². The highest BCUT2D eigenvalue weighted by atomic mass is 16.3. The van der Waals surface area contributed by atoms with Gasteiger partial charge in [0, 0.05) is 82.8 Å². The molecule has 3 saturated heterocycles. The molecule has 0 radical (unpaired) electrons. The second-order valence-electron chi connectivity index (χ2n) is 16.5. The number of rotatable bonds is 12. The summed E-state index contributed by atoms with van der Waals surface area (Å²) in [5, 5.41) is 16.2. The monoisotopic (exact) mass is 767 g/mol. The van der Waals surface area contributed by atoms with Crippen molar-refractivity contribution >= 4 is 35.4 Å². The number of hydrogen-bond donors (Lipinski definition) is 5. The Hall–Kier alpha value is -5.08. The Bertz CT molecular complexity index is 1880. The molecule has 2 aromatic carbocycles. The number of para-hydroxylation sites is 1. The summed E-state index contributed by atoms with van der Waals surface area (Å²) >= 11 is 0. The third-order valence-corrected chi connectivity index (χ3v) is 12.7. The summed E-state index contributed by atoms with van der Waals surface area (Å²) in [6.45, 7) is 12.1. The topological polar surface area (TPSA) is 181 Å². The minimum Gasteiger partial charge on any atom is -0.507 e. The van der Waals surface area contributed by atoms with Crippen LogP contribution in [0.1, 0.15) is 71.7 Å². The van der Waals surface area contributed by atoms with E-state index >= 15 is 0 Å². The molecule has 0 spiro atoms. The molecular formula is C42H57N9O5. The van der Waals surface area contributed by atoms with Crippen LogP contribution in [0.5, 0.6) is 5.75 Å². The lowest BCUT2D eigenvalue weighted by Gasteiger charge is -2.48. The molecule has 56 heavy (non-hydrogen) atoms. The number of aromatic hydroxyl groups is 1. The quantitative estimate of drug-likeness (QED) is 0.157. The number of carbonyl (C=O) groups is 4. The second kappa shape index (κ2) is 16.6. The van der Waals surface area contributed by atoms with Crippen LogP contribution in [0.25, 0.3) is 5.70 Å². The number of likely N-dealkylation sites (N-methyl/N-ethyl adjacent to an activating group) is 1. The predicted molar refractivity (Wildman–Crippen MR) is 215 cm³/mol. The summed E-state index contributed by atoms with van der Waals surface area (Å²) in [5.74, 6) is 0.00213. The summed E-state index contributed by atoms with van der Waals surface area (Å²) in [6.07, 6.45) is 7.19. The van der Waals surface area contributed by atoms with Crippen molar-refractivity contribution in [2.75, 3.05) is 77.4 Å². The smallest absolute Gasteiger partial charge is 0.262 e. The number of aldehydes is 1. The molecule has 7 N–H and O–H groups in total. The van der Waals surface area contributed by atoms with Gasteiger partial charge in [0.25, 0.3) is 11.8 Å². The lowest BCUT2D eigenvalue weighted by molar-refractivity contribution is -0.124. The zero-order chi connectivity index (χ0) is 39.6. The lowest BCUT2D eigenvalue weighted by atomic mass is 9.79. The number of imide groups is 1. The number of nitrogens with zero attached hydrogens (tertiary/aromatic N) is 5. The van der Waals surface area contributed by atoms with Crippen LogP contribution in [-0.2, 0) is 9.59 Å². The fourth-order valence-corrected chi connectivity index (χ4v) is 9.35. The number of allylic oxidation sites excluding steroid dienone is 1. The van der Waals surface area contributed by atoms with Gasteiger partial charge in [-0.2, -0.15) is 0 Å². The van der Waals surface area contributed by atoms with Crippen LogP contribution in [0.4, 0.5) is 5.69 Å². The summed E-state index contributed by atoms with van der Waals surface area (Å²) < 4.78 is 0. The molecule has 300 valence electrons. The Kier molecular flexibility index (Phi) is 11.6. The molecule has 2 unspecified atom stereocenters. The first-order chi connectivity index (χ1) is 27.0. The molecule has 14 heteroatoms. The highest BCUT2D eigenvalue weighted by Crippen LogP contribution is 2.37. The molecule has 0 saturated carbocycles. The van der Waals surface area contributed by atoms with Crippen LogP contribution in [0.2, 0.25) is 0 Å². The minimum atomic E-state index is -1.02. The van der Waals surface area contributed by atoms with E-state index in [9.17, 15) is 24.3 Å². The Labute approximate surface area is 329 Å². The fourth-order valence-electron chi connectivity index (χ4n) is 9.35. The van der Waals surface area contributed by atoms with Crippen LogP contribution in [-0.4, -0.2) is 133 Å². The van der Waals surface area contributed by atoms with E-state index < -0.39 is 23.8 Å². The van der Waals surface area contributed by atoms with Gasteiger partial charge in [0.2, 0.25) is 5.91 Å². The number of piperazine rings is 1. The van der Waals surface area contributed by atoms with Crippen molar-refractivity contribution in [3.8, 4) is 5.75 Å². The predicted octanol–water partition coefficient (Wildman–Crippen LogP) is 2.12. The largest absolute Gasteiger partial charge is 0.507 e. The van der Waals surface area contributed by atoms with Gasteiger partial charge >= 0.3 is 0 Å². The first kappa shape index (κ1) is 39.2. The molecule has 5 aliphatic rings. The Balaban J connectivity index is 0.876. The number of carbonyl (C=O) groups excluding carboxylic acids is 4. The van der Waals surface area contributed by atoms with E-state index in [4.69, 9.17) is 11.5 Å². The summed E-state index contributed by atoms with van der Waals surface area (Å²) in [7, 11) is 1.46. The number of hydrogen-bond acceptors (Lipinski definition) is 12. The van der Waals surface area contributed by atoms with Gasteiger partial charge in [-0.25, -0.2) is 0 Å². The van der Waals surface area contributed by atoms with Crippen LogP contribution >= 0.6 is 0 Å². The third-order valence-electron chi connectivity index (χ3n) is 12.7. The van der Waals surface area contributed by atoms with E-state index in [1.54, 1.807) is 24.3 Å². The molecule has 5 aliphatic heterocycles. The molecule has 2 aromatic rings. The molecule has 3 amide bonds. The molecule has 14 nitrogen and oxygen atoms in total. The van der Waals surface area contributed by atoms with Crippen molar-refractivity contribution in [2.24, 2.45) is 22.8 Å². The zero-order valence-electron chi connectivity index (χ0n) is 32.7. The van der Waals surface area contributed by atoms with E-state index in [1.165, 1.54) is 19.9 Å². The number of piperidine rings is 2. The highest BCUT2D eigenvalue weighted by Gasteiger charge is 2.43. The van der Waals surface area contributed by atoms with Crippen molar-refractivity contribution < 1.29 is 24.3 Å². The number of nitrogens with two attached hydrogens (primary N) is 2. The van der Waals surface area contributed by atoms with Crippen molar-refractivity contribution in [1.82, 2.24) is 30.2 Å². The van der Waals surface area contributed by atoms with Gasteiger partial charge in [0.1, 0.15) is 23.9 Å². The molecule has 2 atom stereocenters. The summed E-state index contributed by atoms with van der Waals surface area (Å²) in [6, 6.07) is 11.8. The van der Waals surface area contributed by atoms with Crippen molar-refractivity contribution in [3.05, 3.63) is 76.7 Å². The number of phenolic OH excluding ortho intramolecular Hbond substituents is 1. The van der Waals surface area contributed by atoms with Gasteiger partial charge in [0.15, 0.2) is 0 Å². The minimum absolute atomic E-state index is 0.0764. The van der Waals surface area contributed by atoms with Gasteiger partial charge < -0.3 is 46.7 Å². The SMILES string of the molecule is CNC(=O)C(CCC=O)N1C(=O)c2ccc(N3CCC(C)(CN4CCC(CN5CCN6C(/C=C(\N)c7ccccc7O)=C(N)NCC6C5)CC4)CC3)cc2C1=O. The number of amides is 3. The normalized spacial score (nSPS) is 22.8. The van der Waals surface area contributed by atoms with Gasteiger partial charge in [-0.3, -0.25) is 24.2 Å². The maximum absolute atomic E-state index is 13.5. The molecule has 3 fully saturated rings.